The lowest BCUT2D eigenvalue weighted by Gasteiger charge is -2.23. The molecule has 0 atom stereocenters. The summed E-state index contributed by atoms with van der Waals surface area (Å²) in [5.41, 5.74) is 1.56. The van der Waals surface area contributed by atoms with Gasteiger partial charge in [0.2, 0.25) is 0 Å². The summed E-state index contributed by atoms with van der Waals surface area (Å²) in [7, 11) is 0. The molecule has 0 aromatic heterocycles. The standard InChI is InChI=1S/C34H48N2O4/c1-3-5-7-9-11-13-15-17-21-27-25-31(37)35(33(27)39)29-23-19-20-24-30(29)36-32(38)26-28(34(36)40)22-18-16-14-12-10-8-6-4-2/h19-20,23-26H,3-18,21-22H2,1-2H3. The van der Waals surface area contributed by atoms with Crippen molar-refractivity contribution in [3.63, 3.8) is 0 Å². The highest BCUT2D eigenvalue weighted by atomic mass is 16.2. The second kappa shape index (κ2) is 16.9. The van der Waals surface area contributed by atoms with Gasteiger partial charge in [0, 0.05) is 23.3 Å². The zero-order chi connectivity index (χ0) is 28.7. The molecule has 0 N–H and O–H groups in total. The van der Waals surface area contributed by atoms with Crippen LogP contribution in [0.1, 0.15) is 129 Å². The Balaban J connectivity index is 1.54. The number of hydrogen-bond acceptors (Lipinski definition) is 4. The normalized spacial score (nSPS) is 15.4. The Morgan fingerprint density at radius 2 is 0.800 bits per heavy atom. The molecule has 0 fully saturated rings. The molecule has 4 amide bonds. The van der Waals surface area contributed by atoms with Crippen molar-refractivity contribution in [2.45, 2.75) is 129 Å². The van der Waals surface area contributed by atoms with E-state index in [-0.39, 0.29) is 23.2 Å². The fraction of sp³-hybridized carbons (Fsp3) is 0.588. The van der Waals surface area contributed by atoms with Gasteiger partial charge >= 0.3 is 0 Å². The van der Waals surface area contributed by atoms with E-state index in [1.54, 1.807) is 24.3 Å². The van der Waals surface area contributed by atoms with Gasteiger partial charge in [-0.1, -0.05) is 116 Å². The molecule has 0 unspecified atom stereocenters. The van der Waals surface area contributed by atoms with Crippen LogP contribution in [-0.4, -0.2) is 23.6 Å². The maximum atomic E-state index is 13.3. The number of anilines is 2. The summed E-state index contributed by atoms with van der Waals surface area (Å²) in [6.07, 6.45) is 22.5. The number of carbonyl (C=O) groups is 4. The molecule has 0 radical (unpaired) electrons. The third-order valence-corrected chi connectivity index (χ3v) is 7.95. The Hall–Kier alpha value is -3.02. The van der Waals surface area contributed by atoms with E-state index in [0.29, 0.717) is 24.0 Å². The van der Waals surface area contributed by atoms with Gasteiger partial charge in [-0.05, 0) is 37.8 Å². The number of hydrogen-bond donors (Lipinski definition) is 0. The van der Waals surface area contributed by atoms with Crippen LogP contribution < -0.4 is 9.80 Å². The van der Waals surface area contributed by atoms with Gasteiger partial charge in [-0.25, -0.2) is 9.80 Å². The predicted molar refractivity (Wildman–Crippen MR) is 162 cm³/mol. The van der Waals surface area contributed by atoms with E-state index >= 15 is 0 Å². The van der Waals surface area contributed by atoms with Crippen molar-refractivity contribution in [1.82, 2.24) is 0 Å². The van der Waals surface area contributed by atoms with E-state index in [4.69, 9.17) is 0 Å². The average molecular weight is 549 g/mol. The molecule has 0 saturated carbocycles. The van der Waals surface area contributed by atoms with Crippen LogP contribution in [0.4, 0.5) is 11.4 Å². The Kier molecular flexibility index (Phi) is 13.3. The second-order valence-electron chi connectivity index (χ2n) is 11.2. The van der Waals surface area contributed by atoms with Gasteiger partial charge in [0.1, 0.15) is 0 Å². The first-order chi connectivity index (χ1) is 19.5. The molecule has 3 rings (SSSR count). The van der Waals surface area contributed by atoms with Crippen molar-refractivity contribution < 1.29 is 19.2 Å². The quantitative estimate of drug-likeness (QED) is 0.121. The minimum Gasteiger partial charge on any atom is -0.269 e. The number of unbranched alkanes of at least 4 members (excludes halogenated alkanes) is 14. The van der Waals surface area contributed by atoms with Crippen LogP contribution in [0, 0.1) is 0 Å². The molecular weight excluding hydrogens is 500 g/mol. The molecule has 6 nitrogen and oxygen atoms in total. The van der Waals surface area contributed by atoms with Crippen LogP contribution in [0.15, 0.2) is 47.6 Å². The highest BCUT2D eigenvalue weighted by Crippen LogP contribution is 2.36. The summed E-state index contributed by atoms with van der Waals surface area (Å²) in [6, 6.07) is 6.70. The summed E-state index contributed by atoms with van der Waals surface area (Å²) < 4.78 is 0. The van der Waals surface area contributed by atoms with Gasteiger partial charge in [-0.2, -0.15) is 0 Å². The van der Waals surface area contributed by atoms with E-state index in [0.717, 1.165) is 48.3 Å². The highest BCUT2D eigenvalue weighted by Gasteiger charge is 2.38. The summed E-state index contributed by atoms with van der Waals surface area (Å²) in [4.78, 5) is 54.7. The van der Waals surface area contributed by atoms with Crippen molar-refractivity contribution in [2.75, 3.05) is 9.80 Å². The third-order valence-electron chi connectivity index (χ3n) is 7.95. The van der Waals surface area contributed by atoms with Crippen LogP contribution in [0.3, 0.4) is 0 Å². The van der Waals surface area contributed by atoms with Crippen LogP contribution in [0.25, 0.3) is 0 Å². The zero-order valence-electron chi connectivity index (χ0n) is 24.7. The third kappa shape index (κ3) is 8.74. The molecule has 1 aromatic carbocycles. The smallest absolute Gasteiger partial charge is 0.261 e. The van der Waals surface area contributed by atoms with Gasteiger partial charge in [-0.3, -0.25) is 19.2 Å². The number of nitrogens with zero attached hydrogens (tertiary/aromatic N) is 2. The van der Waals surface area contributed by atoms with Crippen molar-refractivity contribution in [3.05, 3.63) is 47.6 Å². The predicted octanol–water partition coefficient (Wildman–Crippen LogP) is 8.35. The number of para-hydroxylation sites is 2. The van der Waals surface area contributed by atoms with Gasteiger partial charge in [-0.15, -0.1) is 0 Å². The first-order valence-corrected chi connectivity index (χ1v) is 15.8. The highest BCUT2D eigenvalue weighted by molar-refractivity contribution is 6.35. The van der Waals surface area contributed by atoms with Crippen molar-refractivity contribution in [3.8, 4) is 0 Å². The minimum atomic E-state index is -0.418. The molecule has 0 bridgehead atoms. The van der Waals surface area contributed by atoms with E-state index in [1.165, 1.54) is 76.4 Å². The van der Waals surface area contributed by atoms with Gasteiger partial charge in [0.05, 0.1) is 11.4 Å². The average Bonchev–Trinajstić information content (AvgIpc) is 3.39. The van der Waals surface area contributed by atoms with Crippen molar-refractivity contribution in [2.24, 2.45) is 0 Å². The van der Waals surface area contributed by atoms with E-state index in [2.05, 4.69) is 13.8 Å². The molecule has 40 heavy (non-hydrogen) atoms. The van der Waals surface area contributed by atoms with Gasteiger partial charge in [0.25, 0.3) is 23.6 Å². The molecular formula is C34H48N2O4. The Bertz CT molecular complexity index is 1000. The lowest BCUT2D eigenvalue weighted by Crippen LogP contribution is -2.36. The SMILES string of the molecule is CCCCCCCCCCC1=CC(=O)N(c2ccccc2N2C(=O)C=C(CCCCCCCCCC)C2=O)C1=O. The number of amides is 4. The lowest BCUT2D eigenvalue weighted by atomic mass is 10.0. The number of rotatable bonds is 20. The van der Waals surface area contributed by atoms with Crippen LogP contribution in [0.5, 0.6) is 0 Å². The van der Waals surface area contributed by atoms with E-state index in [1.807, 2.05) is 0 Å². The molecule has 0 spiro atoms. The molecule has 2 heterocycles. The van der Waals surface area contributed by atoms with Crippen LogP contribution in [-0.2, 0) is 19.2 Å². The van der Waals surface area contributed by atoms with E-state index < -0.39 is 11.8 Å². The largest absolute Gasteiger partial charge is 0.269 e. The molecule has 2 aliphatic heterocycles. The second-order valence-corrected chi connectivity index (χ2v) is 11.2. The van der Waals surface area contributed by atoms with Crippen molar-refractivity contribution in [1.29, 1.82) is 0 Å². The van der Waals surface area contributed by atoms with Crippen LogP contribution in [0.2, 0.25) is 0 Å². The lowest BCUT2D eigenvalue weighted by molar-refractivity contribution is -0.122. The first kappa shape index (κ1) is 31.5. The minimum absolute atomic E-state index is 0.281. The fourth-order valence-electron chi connectivity index (χ4n) is 5.59. The summed E-state index contributed by atoms with van der Waals surface area (Å²) >= 11 is 0. The zero-order valence-corrected chi connectivity index (χ0v) is 24.7. The number of carbonyl (C=O) groups excluding carboxylic acids is 4. The Morgan fingerprint density at radius 1 is 0.475 bits per heavy atom. The Morgan fingerprint density at radius 3 is 1.15 bits per heavy atom. The molecule has 1 aromatic rings. The monoisotopic (exact) mass is 548 g/mol. The summed E-state index contributed by atoms with van der Waals surface area (Å²) in [5.74, 6) is -1.55. The van der Waals surface area contributed by atoms with E-state index in [9.17, 15) is 19.2 Å². The molecule has 218 valence electrons. The Labute approximate surface area is 240 Å². The first-order valence-electron chi connectivity index (χ1n) is 15.8. The maximum Gasteiger partial charge on any atom is 0.261 e. The van der Waals surface area contributed by atoms with Crippen molar-refractivity contribution >= 4 is 35.0 Å². The van der Waals surface area contributed by atoms with Gasteiger partial charge < -0.3 is 0 Å². The molecule has 0 saturated heterocycles. The molecule has 6 heteroatoms. The van der Waals surface area contributed by atoms with Gasteiger partial charge in [0.15, 0.2) is 0 Å². The van der Waals surface area contributed by atoms with Crippen LogP contribution >= 0.6 is 0 Å². The molecule has 2 aliphatic rings. The molecule has 0 aliphatic carbocycles. The fourth-order valence-corrected chi connectivity index (χ4v) is 5.59. The summed E-state index contributed by atoms with van der Waals surface area (Å²) in [5, 5.41) is 0. The summed E-state index contributed by atoms with van der Waals surface area (Å²) in [6.45, 7) is 4.42. The maximum absolute atomic E-state index is 13.3. The number of benzene rings is 1. The number of imide groups is 2. The topological polar surface area (TPSA) is 74.8 Å².